The molecule has 42 heavy (non-hydrogen) atoms. The molecule has 224 valence electrons. The van der Waals surface area contributed by atoms with E-state index in [1.54, 1.807) is 23.9 Å². The summed E-state index contributed by atoms with van der Waals surface area (Å²) in [4.78, 5) is 6.69. The van der Waals surface area contributed by atoms with Crippen LogP contribution in [0.25, 0.3) is 16.8 Å². The molecule has 0 radical (unpaired) electrons. The zero-order chi connectivity index (χ0) is 29.9. The van der Waals surface area contributed by atoms with Gasteiger partial charge in [-0.1, -0.05) is 24.3 Å². The van der Waals surface area contributed by atoms with E-state index in [4.69, 9.17) is 14.9 Å². The molecule has 2 aromatic heterocycles. The smallest absolute Gasteiger partial charge is 0.245 e. The fraction of sp³-hybridized carbons (Fsp3) is 0.400. The van der Waals surface area contributed by atoms with E-state index in [0.717, 1.165) is 48.4 Å². The van der Waals surface area contributed by atoms with E-state index >= 15 is 0 Å². The average molecular weight is 595 g/mol. The van der Waals surface area contributed by atoms with Crippen molar-refractivity contribution in [3.05, 3.63) is 66.4 Å². The lowest BCUT2D eigenvalue weighted by Crippen LogP contribution is -2.39. The van der Waals surface area contributed by atoms with Gasteiger partial charge in [0.25, 0.3) is 0 Å². The molecule has 3 N–H and O–H groups in total. The summed E-state index contributed by atoms with van der Waals surface area (Å²) in [6.45, 7) is 4.11. The van der Waals surface area contributed by atoms with Gasteiger partial charge in [-0.25, -0.2) is 17.9 Å². The van der Waals surface area contributed by atoms with E-state index in [-0.39, 0.29) is 6.61 Å². The molecule has 0 aliphatic carbocycles. The first kappa shape index (κ1) is 29.8. The molecule has 0 saturated carbocycles. The minimum atomic E-state index is -3.47. The van der Waals surface area contributed by atoms with Crippen molar-refractivity contribution >= 4 is 32.9 Å². The minimum absolute atomic E-state index is 0.220. The van der Waals surface area contributed by atoms with E-state index in [2.05, 4.69) is 21.3 Å². The molecule has 11 nitrogen and oxygen atoms in total. The maximum atomic E-state index is 12.5. The number of para-hydroxylation sites is 1. The Hall–Kier alpha value is -3.71. The third-order valence-corrected chi connectivity index (χ3v) is 9.00. The van der Waals surface area contributed by atoms with Crippen LogP contribution in [0.1, 0.15) is 31.2 Å². The summed E-state index contributed by atoms with van der Waals surface area (Å²) in [6, 6.07) is 17.3. The summed E-state index contributed by atoms with van der Waals surface area (Å²) >= 11 is 0. The number of β-amino-alcohol motifs (C(OH)–C–C–N with tert-alkyl or cyclic N) is 1. The monoisotopic (exact) mass is 594 g/mol. The van der Waals surface area contributed by atoms with Crippen molar-refractivity contribution in [1.82, 2.24) is 19.5 Å². The zero-order valence-corrected chi connectivity index (χ0v) is 25.0. The van der Waals surface area contributed by atoms with Crippen LogP contribution in [0, 0.1) is 0 Å². The van der Waals surface area contributed by atoms with Crippen molar-refractivity contribution in [2.24, 2.45) is 0 Å². The number of fused-ring (bicyclic) bond motifs is 1. The predicted molar refractivity (Wildman–Crippen MR) is 164 cm³/mol. The number of benzene rings is 2. The van der Waals surface area contributed by atoms with Gasteiger partial charge in [-0.15, -0.1) is 5.10 Å². The molecule has 2 aromatic carbocycles. The van der Waals surface area contributed by atoms with Crippen LogP contribution in [-0.4, -0.2) is 90.4 Å². The highest BCUT2D eigenvalue weighted by molar-refractivity contribution is 7.92. The summed E-state index contributed by atoms with van der Waals surface area (Å²) in [7, 11) is -1.83. The van der Waals surface area contributed by atoms with Crippen LogP contribution >= 0.6 is 0 Å². The second-order valence-corrected chi connectivity index (χ2v) is 12.5. The molecule has 1 saturated heterocycles. The molecule has 0 amide bonds. The number of aromatic nitrogens is 3. The number of likely N-dealkylation sites (tertiary alicyclic amines) is 1. The molecule has 1 atom stereocenters. The highest BCUT2D eigenvalue weighted by Gasteiger charge is 2.24. The van der Waals surface area contributed by atoms with Gasteiger partial charge >= 0.3 is 0 Å². The summed E-state index contributed by atoms with van der Waals surface area (Å²) in [5, 5.41) is 26.9. The first-order chi connectivity index (χ1) is 20.2. The number of piperidine rings is 1. The van der Waals surface area contributed by atoms with Crippen LogP contribution in [0.5, 0.6) is 5.75 Å². The number of aliphatic hydroxyl groups excluding tert-OH is 2. The van der Waals surface area contributed by atoms with Crippen molar-refractivity contribution in [2.45, 2.75) is 31.8 Å². The second-order valence-electron chi connectivity index (χ2n) is 10.6. The Balaban J connectivity index is 1.39. The Bertz CT molecular complexity index is 1630. The number of aliphatic hydroxyl groups is 2. The Labute approximate surface area is 246 Å². The van der Waals surface area contributed by atoms with Crippen LogP contribution in [0.2, 0.25) is 0 Å². The zero-order valence-electron chi connectivity index (χ0n) is 24.1. The molecule has 1 fully saturated rings. The molecule has 0 bridgehead atoms. The average Bonchev–Trinajstić information content (AvgIpc) is 3.41. The standard InChI is InChI=1S/C30H38N6O5S/c1-4-35(42(3,39)40)27-8-6-5-7-25(27)28-12-10-23-18-31-30(33-36(23)28)32-26-11-9-22(17-29(26)41-2)21-13-15-34(16-14-21)19-24(38)20-37/h5-12,17-18,21,24,37-38H,4,13-16,19-20H2,1-3H3,(H,32,33). The fourth-order valence-electron chi connectivity index (χ4n) is 5.64. The quantitative estimate of drug-likeness (QED) is 0.239. The van der Waals surface area contributed by atoms with Crippen molar-refractivity contribution < 1.29 is 23.4 Å². The third-order valence-electron chi connectivity index (χ3n) is 7.75. The predicted octanol–water partition coefficient (Wildman–Crippen LogP) is 3.47. The number of sulfonamides is 1. The van der Waals surface area contributed by atoms with E-state index < -0.39 is 16.1 Å². The number of hydrogen-bond acceptors (Lipinski definition) is 9. The summed E-state index contributed by atoms with van der Waals surface area (Å²) in [5.41, 5.74) is 4.76. The molecule has 1 aliphatic heterocycles. The number of methoxy groups -OCH3 is 1. The highest BCUT2D eigenvalue weighted by atomic mass is 32.2. The number of rotatable bonds is 11. The van der Waals surface area contributed by atoms with E-state index in [1.165, 1.54) is 16.1 Å². The first-order valence-electron chi connectivity index (χ1n) is 14.1. The Morgan fingerprint density at radius 1 is 1.14 bits per heavy atom. The van der Waals surface area contributed by atoms with Crippen molar-refractivity contribution in [1.29, 1.82) is 0 Å². The maximum absolute atomic E-state index is 12.5. The van der Waals surface area contributed by atoms with Crippen LogP contribution in [-0.2, 0) is 10.0 Å². The number of ether oxygens (including phenoxy) is 1. The maximum Gasteiger partial charge on any atom is 0.245 e. The highest BCUT2D eigenvalue weighted by Crippen LogP contribution is 2.36. The van der Waals surface area contributed by atoms with Crippen molar-refractivity contribution in [3.63, 3.8) is 0 Å². The largest absolute Gasteiger partial charge is 0.495 e. The summed E-state index contributed by atoms with van der Waals surface area (Å²) < 4.78 is 33.9. The van der Waals surface area contributed by atoms with Crippen molar-refractivity contribution in [3.8, 4) is 17.0 Å². The molecule has 4 aromatic rings. The Morgan fingerprint density at radius 3 is 2.60 bits per heavy atom. The lowest BCUT2D eigenvalue weighted by molar-refractivity contribution is 0.0513. The lowest BCUT2D eigenvalue weighted by Gasteiger charge is -2.33. The van der Waals surface area contributed by atoms with Crippen LogP contribution in [0.4, 0.5) is 17.3 Å². The fourth-order valence-corrected chi connectivity index (χ4v) is 6.63. The molecular weight excluding hydrogens is 556 g/mol. The summed E-state index contributed by atoms with van der Waals surface area (Å²) in [6.07, 6.45) is 4.14. The molecular formula is C30H38N6O5S. The molecule has 1 unspecified atom stereocenters. The van der Waals surface area contributed by atoms with Crippen LogP contribution in [0.3, 0.4) is 0 Å². The van der Waals surface area contributed by atoms with Gasteiger partial charge in [-0.2, -0.15) is 0 Å². The minimum Gasteiger partial charge on any atom is -0.495 e. The van der Waals surface area contributed by atoms with E-state index in [0.29, 0.717) is 36.4 Å². The molecule has 0 spiro atoms. The molecule has 5 rings (SSSR count). The van der Waals surface area contributed by atoms with Gasteiger partial charge in [-0.3, -0.25) is 4.31 Å². The molecule has 1 aliphatic rings. The normalized spacial score (nSPS) is 15.5. The van der Waals surface area contributed by atoms with E-state index in [1.807, 2.05) is 49.4 Å². The van der Waals surface area contributed by atoms with Gasteiger partial charge in [0.1, 0.15) is 5.75 Å². The van der Waals surface area contributed by atoms with Crippen LogP contribution < -0.4 is 14.4 Å². The van der Waals surface area contributed by atoms with Gasteiger partial charge in [0.05, 0.1) is 54.9 Å². The topological polar surface area (TPSA) is 133 Å². The lowest BCUT2D eigenvalue weighted by atomic mass is 9.89. The van der Waals surface area contributed by atoms with E-state index in [9.17, 15) is 13.5 Å². The SMILES string of the molecule is CCN(c1ccccc1-c1ccc2cnc(Nc3ccc(C4CCN(CC(O)CO)CC4)cc3OC)nn12)S(C)(=O)=O. The van der Waals surface area contributed by atoms with Gasteiger partial charge in [0.2, 0.25) is 16.0 Å². The van der Waals surface area contributed by atoms with Gasteiger partial charge < -0.3 is 25.2 Å². The number of hydrogen-bond donors (Lipinski definition) is 3. The Kier molecular flexibility index (Phi) is 8.97. The number of anilines is 3. The summed E-state index contributed by atoms with van der Waals surface area (Å²) in [5.74, 6) is 1.43. The molecule has 12 heteroatoms. The van der Waals surface area contributed by atoms with Gasteiger partial charge in [0.15, 0.2) is 0 Å². The second kappa shape index (κ2) is 12.7. The Morgan fingerprint density at radius 2 is 1.90 bits per heavy atom. The molecule has 3 heterocycles. The third kappa shape index (κ3) is 6.36. The number of nitrogens with one attached hydrogen (secondary N) is 1. The van der Waals surface area contributed by atoms with Gasteiger partial charge in [0, 0.05) is 18.7 Å². The van der Waals surface area contributed by atoms with Crippen molar-refractivity contribution in [2.75, 3.05) is 55.8 Å². The van der Waals surface area contributed by atoms with Crippen LogP contribution in [0.15, 0.2) is 60.8 Å². The first-order valence-corrected chi connectivity index (χ1v) is 15.9. The number of nitrogens with zero attached hydrogens (tertiary/aromatic N) is 5. The van der Waals surface area contributed by atoms with Gasteiger partial charge in [-0.05, 0) is 74.7 Å².